The smallest absolute Gasteiger partial charge is 0.263 e. The van der Waals surface area contributed by atoms with Gasteiger partial charge in [0.25, 0.3) is 11.5 Å². The molecule has 2 aromatic rings. The normalized spacial score (nSPS) is 17.5. The zero-order chi connectivity index (χ0) is 15.5. The molecule has 6 heteroatoms. The van der Waals surface area contributed by atoms with Crippen molar-refractivity contribution in [3.05, 3.63) is 58.8 Å². The Morgan fingerprint density at radius 1 is 1.32 bits per heavy atom. The van der Waals surface area contributed by atoms with Crippen LogP contribution in [-0.2, 0) is 7.05 Å². The van der Waals surface area contributed by atoms with Gasteiger partial charge in [-0.3, -0.25) is 14.6 Å². The number of aryl methyl sites for hydroxylation is 1. The Labute approximate surface area is 128 Å². The molecule has 0 N–H and O–H groups in total. The van der Waals surface area contributed by atoms with Crippen LogP contribution in [0.3, 0.4) is 0 Å². The molecule has 0 bridgehead atoms. The van der Waals surface area contributed by atoms with Crippen molar-refractivity contribution in [3.63, 3.8) is 0 Å². The van der Waals surface area contributed by atoms with Crippen molar-refractivity contribution in [2.75, 3.05) is 13.1 Å². The summed E-state index contributed by atoms with van der Waals surface area (Å²) in [6.07, 6.45) is 5.67. The Hall–Kier alpha value is -2.63. The zero-order valence-corrected chi connectivity index (χ0v) is 12.3. The molecule has 0 saturated carbocycles. The van der Waals surface area contributed by atoms with Gasteiger partial charge in [0.2, 0.25) is 0 Å². The van der Waals surface area contributed by atoms with Gasteiger partial charge >= 0.3 is 0 Å². The predicted octanol–water partition coefficient (Wildman–Crippen LogP) is 1.07. The Morgan fingerprint density at radius 3 is 2.86 bits per heavy atom. The molecule has 3 rings (SSSR count). The molecular formula is C16H17N3O3. The summed E-state index contributed by atoms with van der Waals surface area (Å²) < 4.78 is 7.24. The van der Waals surface area contributed by atoms with E-state index in [0.717, 1.165) is 12.2 Å². The average Bonchev–Trinajstić information content (AvgIpc) is 2.99. The summed E-state index contributed by atoms with van der Waals surface area (Å²) in [5.41, 5.74) is -0.0689. The minimum atomic E-state index is -0.272. The number of carbonyl (C=O) groups excluding carboxylic acids is 1. The summed E-state index contributed by atoms with van der Waals surface area (Å²) in [5.74, 6) is 0.506. The number of hydrogen-bond donors (Lipinski definition) is 0. The number of hydrogen-bond acceptors (Lipinski definition) is 4. The van der Waals surface area contributed by atoms with Crippen LogP contribution in [0.4, 0.5) is 0 Å². The lowest BCUT2D eigenvalue weighted by Gasteiger charge is -2.17. The van der Waals surface area contributed by atoms with Crippen LogP contribution in [0.1, 0.15) is 16.8 Å². The van der Waals surface area contributed by atoms with Gasteiger partial charge in [-0.15, -0.1) is 0 Å². The van der Waals surface area contributed by atoms with Gasteiger partial charge in [0.15, 0.2) is 0 Å². The second kappa shape index (κ2) is 6.01. The fourth-order valence-corrected chi connectivity index (χ4v) is 2.55. The van der Waals surface area contributed by atoms with E-state index in [9.17, 15) is 9.59 Å². The van der Waals surface area contributed by atoms with E-state index in [1.54, 1.807) is 54.8 Å². The van der Waals surface area contributed by atoms with Crippen LogP contribution in [0.15, 0.2) is 47.7 Å². The second-order valence-electron chi connectivity index (χ2n) is 5.30. The molecule has 1 atom stereocenters. The summed E-state index contributed by atoms with van der Waals surface area (Å²) >= 11 is 0. The molecule has 1 saturated heterocycles. The third kappa shape index (κ3) is 2.86. The van der Waals surface area contributed by atoms with Crippen molar-refractivity contribution in [1.29, 1.82) is 0 Å². The monoisotopic (exact) mass is 299 g/mol. The first-order valence-corrected chi connectivity index (χ1v) is 7.17. The van der Waals surface area contributed by atoms with Crippen LogP contribution in [-0.4, -0.2) is 39.6 Å². The van der Waals surface area contributed by atoms with Crippen molar-refractivity contribution < 1.29 is 9.53 Å². The van der Waals surface area contributed by atoms with E-state index in [1.165, 1.54) is 4.57 Å². The summed E-state index contributed by atoms with van der Waals surface area (Å²) in [7, 11) is 1.64. The van der Waals surface area contributed by atoms with E-state index in [-0.39, 0.29) is 23.1 Å². The Morgan fingerprint density at radius 2 is 2.09 bits per heavy atom. The molecule has 1 aliphatic rings. The standard InChI is InChI=1S/C16H17N3O3/c1-18-9-2-3-14(15(18)20)16(21)19-10-6-13(11-19)22-12-4-7-17-8-5-12/h2-5,7-9,13H,6,10-11H2,1H3. The van der Waals surface area contributed by atoms with Crippen LogP contribution in [0.5, 0.6) is 5.75 Å². The maximum atomic E-state index is 12.5. The van der Waals surface area contributed by atoms with Gasteiger partial charge in [0.05, 0.1) is 6.54 Å². The molecule has 0 aromatic carbocycles. The highest BCUT2D eigenvalue weighted by Gasteiger charge is 2.29. The fraction of sp³-hybridized carbons (Fsp3) is 0.312. The predicted molar refractivity (Wildman–Crippen MR) is 80.9 cm³/mol. The number of aromatic nitrogens is 2. The highest BCUT2D eigenvalue weighted by Crippen LogP contribution is 2.18. The highest BCUT2D eigenvalue weighted by atomic mass is 16.5. The van der Waals surface area contributed by atoms with Crippen LogP contribution >= 0.6 is 0 Å². The molecule has 22 heavy (non-hydrogen) atoms. The van der Waals surface area contributed by atoms with Gasteiger partial charge in [0.1, 0.15) is 17.4 Å². The van der Waals surface area contributed by atoms with E-state index in [1.807, 2.05) is 0 Å². The summed E-state index contributed by atoms with van der Waals surface area (Å²) in [5, 5.41) is 0. The first-order valence-electron chi connectivity index (χ1n) is 7.17. The first-order chi connectivity index (χ1) is 10.6. The van der Waals surface area contributed by atoms with Gasteiger partial charge in [0, 0.05) is 38.6 Å². The molecule has 0 radical (unpaired) electrons. The van der Waals surface area contributed by atoms with Gasteiger partial charge in [-0.2, -0.15) is 0 Å². The number of nitrogens with zero attached hydrogens (tertiary/aromatic N) is 3. The molecule has 1 unspecified atom stereocenters. The molecule has 1 fully saturated rings. The number of carbonyl (C=O) groups is 1. The molecule has 0 aliphatic carbocycles. The largest absolute Gasteiger partial charge is 0.488 e. The van der Waals surface area contributed by atoms with Gasteiger partial charge in [-0.25, -0.2) is 0 Å². The molecule has 2 aromatic heterocycles. The molecule has 0 spiro atoms. The van der Waals surface area contributed by atoms with Crippen molar-refractivity contribution in [2.45, 2.75) is 12.5 Å². The number of pyridine rings is 2. The number of rotatable bonds is 3. The first kappa shape index (κ1) is 14.3. The highest BCUT2D eigenvalue weighted by molar-refractivity contribution is 5.94. The molecule has 1 amide bonds. The molecule has 3 heterocycles. The van der Waals surface area contributed by atoms with E-state index in [4.69, 9.17) is 4.74 Å². The third-order valence-corrected chi connectivity index (χ3v) is 3.74. The summed E-state index contributed by atoms with van der Waals surface area (Å²) in [4.78, 5) is 30.1. The molecule has 1 aliphatic heterocycles. The van der Waals surface area contributed by atoms with Crippen molar-refractivity contribution in [1.82, 2.24) is 14.5 Å². The maximum absolute atomic E-state index is 12.5. The number of ether oxygens (including phenoxy) is 1. The number of likely N-dealkylation sites (tertiary alicyclic amines) is 1. The SMILES string of the molecule is Cn1cccc(C(=O)N2CCC(Oc3ccncc3)C2)c1=O. The van der Waals surface area contributed by atoms with E-state index >= 15 is 0 Å². The Kier molecular flexibility index (Phi) is 3.91. The lowest BCUT2D eigenvalue weighted by atomic mass is 10.2. The van der Waals surface area contributed by atoms with Crippen LogP contribution in [0.25, 0.3) is 0 Å². The van der Waals surface area contributed by atoms with Crippen molar-refractivity contribution in [2.24, 2.45) is 7.05 Å². The van der Waals surface area contributed by atoms with E-state index in [0.29, 0.717) is 13.1 Å². The fourth-order valence-electron chi connectivity index (χ4n) is 2.55. The zero-order valence-electron chi connectivity index (χ0n) is 12.3. The quantitative estimate of drug-likeness (QED) is 0.850. The Bertz CT molecular complexity index is 727. The summed E-state index contributed by atoms with van der Waals surface area (Å²) in [6, 6.07) is 6.85. The Balaban J connectivity index is 1.69. The lowest BCUT2D eigenvalue weighted by Crippen LogP contribution is -2.35. The molecule has 114 valence electrons. The van der Waals surface area contributed by atoms with E-state index < -0.39 is 0 Å². The van der Waals surface area contributed by atoms with Crippen molar-refractivity contribution in [3.8, 4) is 5.75 Å². The summed E-state index contributed by atoms with van der Waals surface area (Å²) in [6.45, 7) is 1.08. The van der Waals surface area contributed by atoms with Gasteiger partial charge in [-0.05, 0) is 24.3 Å². The van der Waals surface area contributed by atoms with Crippen molar-refractivity contribution >= 4 is 5.91 Å². The second-order valence-corrected chi connectivity index (χ2v) is 5.30. The average molecular weight is 299 g/mol. The maximum Gasteiger partial charge on any atom is 0.263 e. The molecular weight excluding hydrogens is 282 g/mol. The van der Waals surface area contributed by atoms with E-state index in [2.05, 4.69) is 4.98 Å². The van der Waals surface area contributed by atoms with Crippen LogP contribution < -0.4 is 10.3 Å². The van der Waals surface area contributed by atoms with Gasteiger partial charge in [-0.1, -0.05) is 0 Å². The minimum Gasteiger partial charge on any atom is -0.488 e. The third-order valence-electron chi connectivity index (χ3n) is 3.74. The van der Waals surface area contributed by atoms with Crippen LogP contribution in [0, 0.1) is 0 Å². The lowest BCUT2D eigenvalue weighted by molar-refractivity contribution is 0.0770. The topological polar surface area (TPSA) is 64.4 Å². The minimum absolute atomic E-state index is 0.0566. The number of amides is 1. The van der Waals surface area contributed by atoms with Gasteiger partial charge < -0.3 is 14.2 Å². The molecule has 6 nitrogen and oxygen atoms in total. The van der Waals surface area contributed by atoms with Crippen LogP contribution in [0.2, 0.25) is 0 Å².